The molecule has 19 heavy (non-hydrogen) atoms. The summed E-state index contributed by atoms with van der Waals surface area (Å²) in [6.07, 6.45) is 3.33. The van der Waals surface area contributed by atoms with Crippen LogP contribution in [0, 0.1) is 5.92 Å². The fraction of sp³-hybridized carbons (Fsp3) is 0.529. The lowest BCUT2D eigenvalue weighted by Gasteiger charge is -2.10. The molecule has 0 aromatic heterocycles. The van der Waals surface area contributed by atoms with Gasteiger partial charge >= 0.3 is 0 Å². The van der Waals surface area contributed by atoms with Crippen molar-refractivity contribution in [3.63, 3.8) is 0 Å². The number of rotatable bonds is 8. The van der Waals surface area contributed by atoms with Crippen LogP contribution in [0.15, 0.2) is 29.8 Å². The topological polar surface area (TPSA) is 21.3 Å². The maximum Gasteiger partial charge on any atom is 0.119 e. The minimum atomic E-state index is 0.694. The first-order valence-corrected chi connectivity index (χ1v) is 7.28. The van der Waals surface area contributed by atoms with Gasteiger partial charge in [0.1, 0.15) is 5.75 Å². The fourth-order valence-electron chi connectivity index (χ4n) is 1.90. The van der Waals surface area contributed by atoms with Gasteiger partial charge in [-0.15, -0.1) is 0 Å². The third-order valence-corrected chi connectivity index (χ3v) is 2.90. The zero-order valence-electron chi connectivity index (χ0n) is 12.7. The largest absolute Gasteiger partial charge is 0.494 e. The van der Waals surface area contributed by atoms with Crippen molar-refractivity contribution in [2.24, 2.45) is 5.92 Å². The fourth-order valence-corrected chi connectivity index (χ4v) is 1.90. The van der Waals surface area contributed by atoms with E-state index >= 15 is 0 Å². The van der Waals surface area contributed by atoms with Crippen molar-refractivity contribution >= 4 is 6.08 Å². The second-order valence-corrected chi connectivity index (χ2v) is 5.19. The lowest BCUT2D eigenvalue weighted by molar-refractivity contribution is 0.340. The predicted molar refractivity (Wildman–Crippen MR) is 83.6 cm³/mol. The van der Waals surface area contributed by atoms with Gasteiger partial charge in [0.15, 0.2) is 0 Å². The zero-order chi connectivity index (χ0) is 14.1. The van der Waals surface area contributed by atoms with Gasteiger partial charge in [-0.25, -0.2) is 0 Å². The normalized spacial score (nSPS) is 11.9. The van der Waals surface area contributed by atoms with Crippen molar-refractivity contribution in [3.8, 4) is 5.75 Å². The first-order chi connectivity index (χ1) is 9.15. The molecule has 0 aliphatic heterocycles. The van der Waals surface area contributed by atoms with E-state index in [1.165, 1.54) is 11.1 Å². The average molecular weight is 261 g/mol. The molecule has 1 aromatic rings. The highest BCUT2D eigenvalue weighted by Crippen LogP contribution is 2.16. The molecule has 0 saturated carbocycles. The highest BCUT2D eigenvalue weighted by atomic mass is 16.5. The van der Waals surface area contributed by atoms with Crippen LogP contribution < -0.4 is 10.1 Å². The summed E-state index contributed by atoms with van der Waals surface area (Å²) in [7, 11) is 0. The number of benzene rings is 1. The van der Waals surface area contributed by atoms with Gasteiger partial charge in [-0.1, -0.05) is 44.6 Å². The number of nitrogens with one attached hydrogen (secondary N) is 1. The minimum absolute atomic E-state index is 0.694. The SMILES string of the molecule is CCOc1cccc(C=C(CC)CNCC(C)C)c1. The van der Waals surface area contributed by atoms with Gasteiger partial charge in [-0.05, 0) is 43.5 Å². The molecule has 2 nitrogen and oxygen atoms in total. The maximum atomic E-state index is 5.53. The Hall–Kier alpha value is -1.28. The van der Waals surface area contributed by atoms with E-state index in [9.17, 15) is 0 Å². The summed E-state index contributed by atoms with van der Waals surface area (Å²) in [6, 6.07) is 8.28. The molecule has 2 heteroatoms. The Bertz CT molecular complexity index is 396. The van der Waals surface area contributed by atoms with Crippen LogP contribution in [0.4, 0.5) is 0 Å². The van der Waals surface area contributed by atoms with Crippen molar-refractivity contribution in [2.45, 2.75) is 34.1 Å². The van der Waals surface area contributed by atoms with E-state index in [1.54, 1.807) is 0 Å². The Morgan fingerprint density at radius 3 is 2.74 bits per heavy atom. The lowest BCUT2D eigenvalue weighted by Crippen LogP contribution is -2.21. The molecule has 0 fully saturated rings. The maximum absolute atomic E-state index is 5.53. The summed E-state index contributed by atoms with van der Waals surface area (Å²) in [5.41, 5.74) is 2.64. The number of ether oxygens (including phenoxy) is 1. The highest BCUT2D eigenvalue weighted by Gasteiger charge is 1.99. The molecule has 1 N–H and O–H groups in total. The van der Waals surface area contributed by atoms with Gasteiger partial charge in [0.25, 0.3) is 0 Å². The first-order valence-electron chi connectivity index (χ1n) is 7.28. The van der Waals surface area contributed by atoms with Gasteiger partial charge < -0.3 is 10.1 Å². The van der Waals surface area contributed by atoms with Crippen molar-refractivity contribution in [1.82, 2.24) is 5.32 Å². The Kier molecular flexibility index (Phi) is 7.27. The lowest BCUT2D eigenvalue weighted by atomic mass is 10.1. The van der Waals surface area contributed by atoms with E-state index in [2.05, 4.69) is 44.3 Å². The zero-order valence-corrected chi connectivity index (χ0v) is 12.7. The second kappa shape index (κ2) is 8.76. The van der Waals surface area contributed by atoms with Crippen LogP contribution in [0.5, 0.6) is 5.75 Å². The molecule has 0 heterocycles. The Morgan fingerprint density at radius 1 is 1.32 bits per heavy atom. The summed E-state index contributed by atoms with van der Waals surface area (Å²) >= 11 is 0. The Morgan fingerprint density at radius 2 is 2.11 bits per heavy atom. The summed E-state index contributed by atoms with van der Waals surface area (Å²) in [6.45, 7) is 11.4. The molecular formula is C17H27NO. The third kappa shape index (κ3) is 6.44. The van der Waals surface area contributed by atoms with Crippen molar-refractivity contribution < 1.29 is 4.74 Å². The molecule has 106 valence electrons. The van der Waals surface area contributed by atoms with E-state index < -0.39 is 0 Å². The van der Waals surface area contributed by atoms with Gasteiger partial charge in [-0.2, -0.15) is 0 Å². The Balaban J connectivity index is 2.65. The second-order valence-electron chi connectivity index (χ2n) is 5.19. The van der Waals surface area contributed by atoms with Crippen LogP contribution in [0.2, 0.25) is 0 Å². The average Bonchev–Trinajstić information content (AvgIpc) is 2.38. The number of hydrogen-bond donors (Lipinski definition) is 1. The summed E-state index contributed by atoms with van der Waals surface area (Å²) in [4.78, 5) is 0. The van der Waals surface area contributed by atoms with Gasteiger partial charge in [0.05, 0.1) is 6.61 Å². The molecule has 0 radical (unpaired) electrons. The summed E-state index contributed by atoms with van der Waals surface area (Å²) in [5, 5.41) is 3.50. The van der Waals surface area contributed by atoms with Crippen molar-refractivity contribution in [3.05, 3.63) is 35.4 Å². The minimum Gasteiger partial charge on any atom is -0.494 e. The molecular weight excluding hydrogens is 234 g/mol. The van der Waals surface area contributed by atoms with Crippen LogP contribution in [-0.4, -0.2) is 19.7 Å². The molecule has 0 atom stereocenters. The number of hydrogen-bond acceptors (Lipinski definition) is 2. The van der Waals surface area contributed by atoms with E-state index in [1.807, 2.05) is 19.1 Å². The quantitative estimate of drug-likeness (QED) is 0.760. The third-order valence-electron chi connectivity index (χ3n) is 2.90. The molecule has 0 saturated heterocycles. The summed E-state index contributed by atoms with van der Waals surface area (Å²) in [5.74, 6) is 1.64. The highest BCUT2D eigenvalue weighted by molar-refractivity contribution is 5.55. The molecule has 0 amide bonds. The summed E-state index contributed by atoms with van der Waals surface area (Å²) < 4.78 is 5.53. The van der Waals surface area contributed by atoms with Crippen molar-refractivity contribution in [2.75, 3.05) is 19.7 Å². The molecule has 0 aliphatic carbocycles. The van der Waals surface area contributed by atoms with Crippen LogP contribution in [0.3, 0.4) is 0 Å². The molecule has 1 rings (SSSR count). The molecule has 1 aromatic carbocycles. The van der Waals surface area contributed by atoms with E-state index in [0.717, 1.165) is 25.3 Å². The smallest absolute Gasteiger partial charge is 0.119 e. The van der Waals surface area contributed by atoms with Gasteiger partial charge in [-0.3, -0.25) is 0 Å². The van der Waals surface area contributed by atoms with Crippen LogP contribution in [-0.2, 0) is 0 Å². The molecule has 0 unspecified atom stereocenters. The van der Waals surface area contributed by atoms with E-state index in [0.29, 0.717) is 12.5 Å². The van der Waals surface area contributed by atoms with Gasteiger partial charge in [0.2, 0.25) is 0 Å². The van der Waals surface area contributed by atoms with E-state index in [-0.39, 0.29) is 0 Å². The van der Waals surface area contributed by atoms with Crippen LogP contribution in [0.25, 0.3) is 6.08 Å². The van der Waals surface area contributed by atoms with Gasteiger partial charge in [0, 0.05) is 6.54 Å². The molecule has 0 aliphatic rings. The monoisotopic (exact) mass is 261 g/mol. The van der Waals surface area contributed by atoms with Crippen LogP contribution >= 0.6 is 0 Å². The molecule has 0 bridgehead atoms. The predicted octanol–water partition coefficient (Wildman–Crippen LogP) is 4.12. The Labute approximate surface area is 117 Å². The first kappa shape index (κ1) is 15.8. The van der Waals surface area contributed by atoms with Crippen LogP contribution in [0.1, 0.15) is 39.7 Å². The molecule has 0 spiro atoms. The standard InChI is InChI=1S/C17H27NO/c1-5-15(13-18-12-14(3)4)10-16-8-7-9-17(11-16)19-6-2/h7-11,14,18H,5-6,12-13H2,1-4H3. The van der Waals surface area contributed by atoms with Crippen molar-refractivity contribution in [1.29, 1.82) is 0 Å². The van der Waals surface area contributed by atoms with E-state index in [4.69, 9.17) is 4.74 Å².